The molecule has 0 fully saturated rings. The van der Waals surface area contributed by atoms with Crippen molar-refractivity contribution in [2.45, 2.75) is 0 Å². The molecule has 0 bridgehead atoms. The Balaban J connectivity index is 1.89. The molecular formula is C24H24N4O. The fraction of sp³-hybridized carbons (Fsp3) is 0.167. The zero-order chi connectivity index (χ0) is 20.4. The normalized spacial score (nSPS) is 11.3. The summed E-state index contributed by atoms with van der Waals surface area (Å²) in [4.78, 5) is 19.8. The van der Waals surface area contributed by atoms with Crippen LogP contribution < -0.4 is 11.1 Å². The predicted octanol–water partition coefficient (Wildman–Crippen LogP) is 3.93. The third-order valence-electron chi connectivity index (χ3n) is 5.05. The lowest BCUT2D eigenvalue weighted by Gasteiger charge is -2.14. The minimum absolute atomic E-state index is 0.138. The first-order chi connectivity index (χ1) is 14.1. The number of carbonyl (C=O) groups is 1. The minimum atomic E-state index is -0.138. The molecule has 0 spiro atoms. The number of carbonyl (C=O) groups excluding carboxylic acids is 1. The van der Waals surface area contributed by atoms with Crippen LogP contribution in [0.5, 0.6) is 0 Å². The third-order valence-corrected chi connectivity index (χ3v) is 5.05. The molecule has 4 aromatic rings. The van der Waals surface area contributed by atoms with Crippen LogP contribution in [-0.2, 0) is 0 Å². The number of nitrogen functional groups attached to an aromatic ring is 1. The quantitative estimate of drug-likeness (QED) is 0.512. The number of hydrogen-bond acceptors (Lipinski definition) is 4. The Bertz CT molecular complexity index is 1190. The average Bonchev–Trinajstić information content (AvgIpc) is 2.73. The highest BCUT2D eigenvalue weighted by Crippen LogP contribution is 2.35. The number of para-hydroxylation sites is 2. The van der Waals surface area contributed by atoms with Crippen molar-refractivity contribution in [3.63, 3.8) is 0 Å². The molecule has 3 N–H and O–H groups in total. The molecule has 0 saturated heterocycles. The lowest BCUT2D eigenvalue weighted by atomic mass is 9.98. The number of anilines is 1. The van der Waals surface area contributed by atoms with Crippen LogP contribution in [0.2, 0.25) is 0 Å². The van der Waals surface area contributed by atoms with E-state index in [1.54, 1.807) is 6.07 Å². The second kappa shape index (κ2) is 7.89. The second-order valence-electron chi connectivity index (χ2n) is 7.35. The first-order valence-corrected chi connectivity index (χ1v) is 9.65. The number of rotatable bonds is 5. The molecule has 1 heterocycles. The highest BCUT2D eigenvalue weighted by Gasteiger charge is 2.16. The van der Waals surface area contributed by atoms with Crippen molar-refractivity contribution >= 4 is 33.4 Å². The topological polar surface area (TPSA) is 71.2 Å². The summed E-state index contributed by atoms with van der Waals surface area (Å²) in [6, 6.07) is 21.7. The van der Waals surface area contributed by atoms with E-state index in [0.29, 0.717) is 23.3 Å². The van der Waals surface area contributed by atoms with Gasteiger partial charge in [-0.2, -0.15) is 0 Å². The van der Waals surface area contributed by atoms with E-state index in [4.69, 9.17) is 10.7 Å². The highest BCUT2D eigenvalue weighted by molar-refractivity contribution is 6.15. The molecule has 146 valence electrons. The number of amides is 1. The summed E-state index contributed by atoms with van der Waals surface area (Å²) < 4.78 is 0. The highest BCUT2D eigenvalue weighted by atomic mass is 16.1. The summed E-state index contributed by atoms with van der Waals surface area (Å²) in [5.74, 6) is -0.138. The Morgan fingerprint density at radius 3 is 2.34 bits per heavy atom. The summed E-state index contributed by atoms with van der Waals surface area (Å²) in [6.45, 7) is 1.34. The van der Waals surface area contributed by atoms with E-state index in [-0.39, 0.29) is 5.91 Å². The summed E-state index contributed by atoms with van der Waals surface area (Å²) in [6.07, 6.45) is 0. The van der Waals surface area contributed by atoms with E-state index in [1.165, 1.54) is 0 Å². The van der Waals surface area contributed by atoms with E-state index in [1.807, 2.05) is 67.5 Å². The van der Waals surface area contributed by atoms with E-state index in [9.17, 15) is 4.79 Å². The molecule has 0 unspecified atom stereocenters. The van der Waals surface area contributed by atoms with Crippen molar-refractivity contribution in [3.8, 4) is 11.1 Å². The van der Waals surface area contributed by atoms with Crippen LogP contribution >= 0.6 is 0 Å². The molecule has 0 atom stereocenters. The van der Waals surface area contributed by atoms with Gasteiger partial charge in [-0.05, 0) is 25.7 Å². The average molecular weight is 384 g/mol. The molecule has 0 aliphatic carbocycles. The predicted molar refractivity (Wildman–Crippen MR) is 120 cm³/mol. The first kappa shape index (κ1) is 18.9. The van der Waals surface area contributed by atoms with Gasteiger partial charge in [-0.25, -0.2) is 4.98 Å². The maximum Gasteiger partial charge on any atom is 0.253 e. The number of nitrogens with two attached hydrogens (primary N) is 1. The van der Waals surface area contributed by atoms with E-state index >= 15 is 0 Å². The van der Waals surface area contributed by atoms with Crippen LogP contribution in [0.4, 0.5) is 5.69 Å². The van der Waals surface area contributed by atoms with Gasteiger partial charge in [0.1, 0.15) is 0 Å². The van der Waals surface area contributed by atoms with Gasteiger partial charge in [-0.15, -0.1) is 0 Å². The van der Waals surface area contributed by atoms with Gasteiger partial charge in [-0.1, -0.05) is 60.7 Å². The monoisotopic (exact) mass is 384 g/mol. The second-order valence-corrected chi connectivity index (χ2v) is 7.35. The SMILES string of the molecule is CN(C)CCNC(=O)c1cccc2c(N)c3cccc(-c4ccccc4)c3nc12. The fourth-order valence-electron chi connectivity index (χ4n) is 3.54. The van der Waals surface area contributed by atoms with Crippen LogP contribution in [0.3, 0.4) is 0 Å². The van der Waals surface area contributed by atoms with Crippen molar-refractivity contribution in [3.05, 3.63) is 72.3 Å². The molecule has 0 aliphatic heterocycles. The molecular weight excluding hydrogens is 360 g/mol. The molecule has 5 heteroatoms. The third kappa shape index (κ3) is 3.65. The fourth-order valence-corrected chi connectivity index (χ4v) is 3.54. The van der Waals surface area contributed by atoms with Crippen molar-refractivity contribution in [1.29, 1.82) is 0 Å². The molecule has 29 heavy (non-hydrogen) atoms. The van der Waals surface area contributed by atoms with Crippen LogP contribution in [0.25, 0.3) is 32.9 Å². The zero-order valence-electron chi connectivity index (χ0n) is 16.6. The van der Waals surface area contributed by atoms with Gasteiger partial charge in [-0.3, -0.25) is 4.79 Å². The van der Waals surface area contributed by atoms with Gasteiger partial charge in [0.05, 0.1) is 22.3 Å². The number of pyridine rings is 1. The van der Waals surface area contributed by atoms with Crippen LogP contribution in [-0.4, -0.2) is 43.0 Å². The summed E-state index contributed by atoms with van der Waals surface area (Å²) in [5.41, 5.74) is 11.2. The largest absolute Gasteiger partial charge is 0.398 e. The molecule has 0 radical (unpaired) electrons. The number of fused-ring (bicyclic) bond motifs is 2. The molecule has 4 rings (SSSR count). The van der Waals surface area contributed by atoms with Gasteiger partial charge in [0.2, 0.25) is 0 Å². The first-order valence-electron chi connectivity index (χ1n) is 9.65. The maximum absolute atomic E-state index is 12.8. The minimum Gasteiger partial charge on any atom is -0.398 e. The Labute approximate surface area is 170 Å². The van der Waals surface area contributed by atoms with Gasteiger partial charge in [0, 0.05) is 29.4 Å². The van der Waals surface area contributed by atoms with Gasteiger partial charge in [0.15, 0.2) is 0 Å². The van der Waals surface area contributed by atoms with Crippen molar-refractivity contribution in [2.24, 2.45) is 0 Å². The standard InChI is InChI=1S/C24H24N4O/c1-28(2)15-14-26-24(29)20-13-7-12-19-21(25)18-11-6-10-17(22(18)27-23(19)20)16-8-4-3-5-9-16/h3-13H,14-15H2,1-2H3,(H2,25,27)(H,26,29). The Kier molecular flexibility index (Phi) is 5.14. The number of likely N-dealkylation sites (N-methyl/N-ethyl adjacent to an activating group) is 1. The van der Waals surface area contributed by atoms with Crippen molar-refractivity contribution in [1.82, 2.24) is 15.2 Å². The summed E-state index contributed by atoms with van der Waals surface area (Å²) in [5, 5.41) is 4.66. The summed E-state index contributed by atoms with van der Waals surface area (Å²) in [7, 11) is 3.95. The van der Waals surface area contributed by atoms with Crippen molar-refractivity contribution in [2.75, 3.05) is 32.9 Å². The number of hydrogen-bond donors (Lipinski definition) is 2. The maximum atomic E-state index is 12.8. The molecule has 5 nitrogen and oxygen atoms in total. The lowest BCUT2D eigenvalue weighted by Crippen LogP contribution is -2.31. The Hall–Kier alpha value is -3.44. The van der Waals surface area contributed by atoms with Crippen LogP contribution in [0.1, 0.15) is 10.4 Å². The molecule has 3 aromatic carbocycles. The Morgan fingerprint density at radius 2 is 1.62 bits per heavy atom. The lowest BCUT2D eigenvalue weighted by molar-refractivity contribution is 0.0952. The van der Waals surface area contributed by atoms with Gasteiger partial charge >= 0.3 is 0 Å². The number of nitrogens with zero attached hydrogens (tertiary/aromatic N) is 2. The zero-order valence-corrected chi connectivity index (χ0v) is 16.6. The molecule has 0 saturated carbocycles. The number of nitrogens with one attached hydrogen (secondary N) is 1. The molecule has 1 amide bonds. The van der Waals surface area contributed by atoms with E-state index in [2.05, 4.69) is 17.4 Å². The van der Waals surface area contributed by atoms with Crippen LogP contribution in [0, 0.1) is 0 Å². The molecule has 0 aliphatic rings. The number of aromatic nitrogens is 1. The van der Waals surface area contributed by atoms with Gasteiger partial charge in [0.25, 0.3) is 5.91 Å². The Morgan fingerprint density at radius 1 is 0.931 bits per heavy atom. The molecule has 1 aromatic heterocycles. The van der Waals surface area contributed by atoms with Crippen LogP contribution in [0.15, 0.2) is 66.7 Å². The van der Waals surface area contributed by atoms with E-state index in [0.717, 1.165) is 34.0 Å². The van der Waals surface area contributed by atoms with Crippen molar-refractivity contribution < 1.29 is 4.79 Å². The van der Waals surface area contributed by atoms with E-state index < -0.39 is 0 Å². The smallest absolute Gasteiger partial charge is 0.253 e. The number of benzene rings is 3. The van der Waals surface area contributed by atoms with Gasteiger partial charge < -0.3 is 16.0 Å². The summed E-state index contributed by atoms with van der Waals surface area (Å²) >= 11 is 0.